The highest BCUT2D eigenvalue weighted by molar-refractivity contribution is 5.91. The Morgan fingerprint density at radius 2 is 1.73 bits per heavy atom. The van der Waals surface area contributed by atoms with Crippen molar-refractivity contribution < 1.29 is 24.5 Å². The molecule has 6 N–H and O–H groups in total. The molecule has 0 aliphatic carbocycles. The number of para-hydroxylation sites is 2. The normalized spacial score (nSPS) is 9.77. The van der Waals surface area contributed by atoms with Crippen molar-refractivity contribution in [3.05, 3.63) is 36.4 Å². The molecule has 1 aromatic rings. The summed E-state index contributed by atoms with van der Waals surface area (Å²) in [6.07, 6.45) is 1.22. The van der Waals surface area contributed by atoms with Crippen LogP contribution in [0, 0.1) is 5.41 Å². The molecule has 0 saturated carbocycles. The monoisotopic (exact) mass is 309 g/mol. The molecule has 1 aromatic carbocycles. The van der Waals surface area contributed by atoms with E-state index in [0.29, 0.717) is 23.6 Å². The first-order valence-corrected chi connectivity index (χ1v) is 6.23. The lowest BCUT2D eigenvalue weighted by Gasteiger charge is -2.14. The van der Waals surface area contributed by atoms with Crippen LogP contribution in [0.1, 0.15) is 13.8 Å². The molecule has 0 aromatic heterocycles. The Hall–Kier alpha value is -3.03. The van der Waals surface area contributed by atoms with Gasteiger partial charge in [-0.05, 0) is 26.0 Å². The first kappa shape index (κ1) is 19.0. The number of hydrogen-bond acceptors (Lipinski definition) is 4. The van der Waals surface area contributed by atoms with Gasteiger partial charge in [0.25, 0.3) is 0 Å². The van der Waals surface area contributed by atoms with Gasteiger partial charge in [-0.1, -0.05) is 12.1 Å². The molecule has 0 saturated heterocycles. The summed E-state index contributed by atoms with van der Waals surface area (Å²) in [5, 5.41) is 25.5. The molecule has 0 spiro atoms. The lowest BCUT2D eigenvalue weighted by molar-refractivity contribution is -0.134. The molecule has 0 aliphatic heterocycles. The maximum Gasteiger partial charge on any atom is 0.328 e. The van der Waals surface area contributed by atoms with Gasteiger partial charge in [-0.2, -0.15) is 0 Å². The maximum absolute atomic E-state index is 9.55. The average molecular weight is 309 g/mol. The smallest absolute Gasteiger partial charge is 0.328 e. The van der Waals surface area contributed by atoms with E-state index in [1.54, 1.807) is 0 Å². The van der Waals surface area contributed by atoms with Gasteiger partial charge in [-0.25, -0.2) is 9.59 Å². The minimum absolute atomic E-state index is 0.0928. The SMILES string of the molecule is CC(C)Oc1ccccc1NC(=N)N.O=C(O)/C=C/C(=O)O. The van der Waals surface area contributed by atoms with E-state index in [0.717, 1.165) is 0 Å². The number of nitrogens with two attached hydrogens (primary N) is 1. The number of anilines is 1. The van der Waals surface area contributed by atoms with Crippen LogP contribution in [0.15, 0.2) is 36.4 Å². The van der Waals surface area contributed by atoms with Crippen LogP contribution in [-0.4, -0.2) is 34.2 Å². The summed E-state index contributed by atoms with van der Waals surface area (Å²) in [6, 6.07) is 7.39. The van der Waals surface area contributed by atoms with E-state index >= 15 is 0 Å². The zero-order valence-electron chi connectivity index (χ0n) is 12.2. The first-order valence-electron chi connectivity index (χ1n) is 6.23. The van der Waals surface area contributed by atoms with E-state index in [2.05, 4.69) is 5.32 Å². The Labute approximate surface area is 127 Å². The lowest BCUT2D eigenvalue weighted by atomic mass is 10.3. The predicted molar refractivity (Wildman–Crippen MR) is 82.2 cm³/mol. The molecule has 22 heavy (non-hydrogen) atoms. The summed E-state index contributed by atoms with van der Waals surface area (Å²) in [4.78, 5) is 19.1. The van der Waals surface area contributed by atoms with Crippen molar-refractivity contribution >= 4 is 23.6 Å². The summed E-state index contributed by atoms with van der Waals surface area (Å²) in [7, 11) is 0. The average Bonchev–Trinajstić information content (AvgIpc) is 2.38. The van der Waals surface area contributed by atoms with Gasteiger partial charge in [0.2, 0.25) is 0 Å². The summed E-state index contributed by atoms with van der Waals surface area (Å²) in [6.45, 7) is 3.90. The van der Waals surface area contributed by atoms with E-state index in [-0.39, 0.29) is 12.1 Å². The Bertz CT molecular complexity index is 539. The van der Waals surface area contributed by atoms with Crippen molar-refractivity contribution in [1.82, 2.24) is 0 Å². The third kappa shape index (κ3) is 9.84. The molecule has 0 aliphatic rings. The van der Waals surface area contributed by atoms with Crippen molar-refractivity contribution in [2.24, 2.45) is 5.73 Å². The fourth-order valence-corrected chi connectivity index (χ4v) is 1.21. The highest BCUT2D eigenvalue weighted by Crippen LogP contribution is 2.24. The van der Waals surface area contributed by atoms with Gasteiger partial charge in [0, 0.05) is 12.2 Å². The van der Waals surface area contributed by atoms with E-state index in [1.807, 2.05) is 38.1 Å². The number of carbonyl (C=O) groups is 2. The van der Waals surface area contributed by atoms with Gasteiger partial charge in [-0.15, -0.1) is 0 Å². The minimum atomic E-state index is -1.26. The van der Waals surface area contributed by atoms with Crippen LogP contribution in [0.25, 0.3) is 0 Å². The number of benzene rings is 1. The van der Waals surface area contributed by atoms with Crippen molar-refractivity contribution in [2.45, 2.75) is 20.0 Å². The highest BCUT2D eigenvalue weighted by Gasteiger charge is 2.04. The molecule has 1 rings (SSSR count). The molecule has 8 nitrogen and oxygen atoms in total. The van der Waals surface area contributed by atoms with Gasteiger partial charge in [0.05, 0.1) is 11.8 Å². The van der Waals surface area contributed by atoms with Crippen LogP contribution in [0.2, 0.25) is 0 Å². The van der Waals surface area contributed by atoms with E-state index in [1.165, 1.54) is 0 Å². The van der Waals surface area contributed by atoms with Crippen LogP contribution in [0.4, 0.5) is 5.69 Å². The topological polar surface area (TPSA) is 146 Å². The number of carboxylic acid groups (broad SMARTS) is 2. The van der Waals surface area contributed by atoms with Crippen molar-refractivity contribution in [3.63, 3.8) is 0 Å². The van der Waals surface area contributed by atoms with Gasteiger partial charge < -0.3 is 26.0 Å². The molecular weight excluding hydrogens is 290 g/mol. The molecule has 0 amide bonds. The molecule has 120 valence electrons. The van der Waals surface area contributed by atoms with E-state index in [4.69, 9.17) is 26.1 Å². The minimum Gasteiger partial charge on any atom is -0.489 e. The van der Waals surface area contributed by atoms with Crippen LogP contribution in [0.3, 0.4) is 0 Å². The number of hydrogen-bond donors (Lipinski definition) is 5. The highest BCUT2D eigenvalue weighted by atomic mass is 16.5. The summed E-state index contributed by atoms with van der Waals surface area (Å²) < 4.78 is 5.53. The third-order valence-corrected chi connectivity index (χ3v) is 1.89. The molecular formula is C14H19N3O5. The molecule has 0 bridgehead atoms. The number of ether oxygens (including phenoxy) is 1. The second-order valence-electron chi connectivity index (χ2n) is 4.21. The van der Waals surface area contributed by atoms with Crippen LogP contribution in [-0.2, 0) is 9.59 Å². The molecule has 8 heteroatoms. The Morgan fingerprint density at radius 1 is 1.23 bits per heavy atom. The quantitative estimate of drug-likeness (QED) is 0.314. The third-order valence-electron chi connectivity index (χ3n) is 1.89. The number of nitrogens with one attached hydrogen (secondary N) is 2. The number of carboxylic acids is 2. The molecule has 0 atom stereocenters. The summed E-state index contributed by atoms with van der Waals surface area (Å²) in [5.41, 5.74) is 5.96. The van der Waals surface area contributed by atoms with E-state index < -0.39 is 11.9 Å². The van der Waals surface area contributed by atoms with Crippen molar-refractivity contribution in [1.29, 1.82) is 5.41 Å². The second kappa shape index (κ2) is 9.81. The van der Waals surface area contributed by atoms with Gasteiger partial charge in [0.1, 0.15) is 5.75 Å². The summed E-state index contributed by atoms with van der Waals surface area (Å²) in [5.74, 6) is -1.90. The first-order chi connectivity index (χ1) is 10.2. The lowest BCUT2D eigenvalue weighted by Crippen LogP contribution is -2.21. The predicted octanol–water partition coefficient (Wildman–Crippen LogP) is 1.49. The van der Waals surface area contributed by atoms with Crippen molar-refractivity contribution in [2.75, 3.05) is 5.32 Å². The zero-order chi connectivity index (χ0) is 17.1. The maximum atomic E-state index is 9.55. The number of rotatable bonds is 5. The molecule has 0 unspecified atom stereocenters. The van der Waals surface area contributed by atoms with Gasteiger partial charge >= 0.3 is 11.9 Å². The van der Waals surface area contributed by atoms with Crippen molar-refractivity contribution in [3.8, 4) is 5.75 Å². The largest absolute Gasteiger partial charge is 0.489 e. The summed E-state index contributed by atoms with van der Waals surface area (Å²) >= 11 is 0. The van der Waals surface area contributed by atoms with Crippen LogP contribution < -0.4 is 15.8 Å². The number of aliphatic carboxylic acids is 2. The van der Waals surface area contributed by atoms with Crippen LogP contribution in [0.5, 0.6) is 5.75 Å². The number of guanidine groups is 1. The van der Waals surface area contributed by atoms with Gasteiger partial charge in [-0.3, -0.25) is 5.41 Å². The Morgan fingerprint density at radius 3 is 2.14 bits per heavy atom. The molecule has 0 heterocycles. The van der Waals surface area contributed by atoms with E-state index in [9.17, 15) is 9.59 Å². The Balaban J connectivity index is 0.000000472. The second-order valence-corrected chi connectivity index (χ2v) is 4.21. The fraction of sp³-hybridized carbons (Fsp3) is 0.214. The zero-order valence-corrected chi connectivity index (χ0v) is 12.2. The fourth-order valence-electron chi connectivity index (χ4n) is 1.21. The standard InChI is InChI=1S/C10H15N3O.C4H4O4/c1-7(2)14-9-6-4-3-5-8(9)13-10(11)12;5-3(6)1-2-4(7)8/h3-7H,1-2H3,(H4,11,12,13);1-2H,(H,5,6)(H,7,8)/b;2-1+. The molecule has 0 radical (unpaired) electrons. The Kier molecular flexibility index (Phi) is 8.46. The molecule has 0 fully saturated rings. The van der Waals surface area contributed by atoms with Crippen LogP contribution >= 0.6 is 0 Å². The van der Waals surface area contributed by atoms with Gasteiger partial charge in [0.15, 0.2) is 5.96 Å².